The fraction of sp³-hybridized carbons (Fsp3) is 1.00. The van der Waals surface area contributed by atoms with Crippen LogP contribution in [0.5, 0.6) is 0 Å². The highest BCUT2D eigenvalue weighted by atomic mass is 14.3. The van der Waals surface area contributed by atoms with Gasteiger partial charge in [0.1, 0.15) is 0 Å². The summed E-state index contributed by atoms with van der Waals surface area (Å²) < 4.78 is 0. The lowest BCUT2D eigenvalue weighted by Gasteiger charge is -2.33. The van der Waals surface area contributed by atoms with Gasteiger partial charge in [-0.15, -0.1) is 0 Å². The summed E-state index contributed by atoms with van der Waals surface area (Å²) in [5.74, 6) is 6.50. The normalized spacial score (nSPS) is 39.0. The Hall–Kier alpha value is 0. The highest BCUT2D eigenvalue weighted by molar-refractivity contribution is 4.78. The van der Waals surface area contributed by atoms with Crippen molar-refractivity contribution in [2.24, 2.45) is 35.5 Å². The Bertz CT molecular complexity index is 312. The second-order valence-electron chi connectivity index (χ2n) is 10.6. The molecular formula is C26H48. The lowest BCUT2D eigenvalue weighted by Crippen LogP contribution is -2.19. The highest BCUT2D eigenvalue weighted by Crippen LogP contribution is 2.40. The second kappa shape index (κ2) is 11.1. The Kier molecular flexibility index (Phi) is 8.86. The molecule has 3 aliphatic rings. The molecule has 3 fully saturated rings. The average Bonchev–Trinajstić information content (AvgIpc) is 2.72. The minimum absolute atomic E-state index is 1.07. The molecule has 3 aliphatic carbocycles. The smallest absolute Gasteiger partial charge is 0.0414 e. The molecule has 0 N–H and O–H groups in total. The number of hydrogen-bond acceptors (Lipinski definition) is 0. The van der Waals surface area contributed by atoms with Crippen LogP contribution in [-0.4, -0.2) is 0 Å². The first-order valence-corrected chi connectivity index (χ1v) is 12.8. The van der Waals surface area contributed by atoms with Gasteiger partial charge in [-0.05, 0) is 35.5 Å². The van der Waals surface area contributed by atoms with Gasteiger partial charge in [0, 0.05) is 0 Å². The van der Waals surface area contributed by atoms with Crippen LogP contribution in [0.25, 0.3) is 0 Å². The van der Waals surface area contributed by atoms with Crippen molar-refractivity contribution >= 4 is 0 Å². The molecule has 0 amide bonds. The maximum Gasteiger partial charge on any atom is -0.0414 e. The largest absolute Gasteiger partial charge is 0.0651 e. The van der Waals surface area contributed by atoms with Crippen molar-refractivity contribution in [1.29, 1.82) is 0 Å². The topological polar surface area (TPSA) is 0 Å². The molecule has 0 nitrogen and oxygen atoms in total. The van der Waals surface area contributed by atoms with E-state index in [1.807, 2.05) is 0 Å². The molecule has 152 valence electrons. The van der Waals surface area contributed by atoms with Gasteiger partial charge in [-0.25, -0.2) is 0 Å². The molecule has 0 heterocycles. The van der Waals surface area contributed by atoms with E-state index < -0.39 is 0 Å². The molecule has 0 bridgehead atoms. The van der Waals surface area contributed by atoms with Crippen molar-refractivity contribution in [2.75, 3.05) is 0 Å². The first-order chi connectivity index (χ1) is 12.8. The van der Waals surface area contributed by atoms with Gasteiger partial charge in [-0.2, -0.15) is 0 Å². The third-order valence-electron chi connectivity index (χ3n) is 9.02. The van der Waals surface area contributed by atoms with E-state index in [0.717, 1.165) is 35.5 Å². The lowest BCUT2D eigenvalue weighted by atomic mass is 9.73. The molecule has 0 unspecified atom stereocenters. The van der Waals surface area contributed by atoms with E-state index in [-0.39, 0.29) is 0 Å². The van der Waals surface area contributed by atoms with Crippen molar-refractivity contribution in [1.82, 2.24) is 0 Å². The summed E-state index contributed by atoms with van der Waals surface area (Å²) in [6.45, 7) is 4.78. The van der Waals surface area contributed by atoms with E-state index in [4.69, 9.17) is 0 Å². The molecule has 0 aromatic rings. The summed E-state index contributed by atoms with van der Waals surface area (Å²) >= 11 is 0. The third-order valence-corrected chi connectivity index (χ3v) is 9.02. The molecule has 0 spiro atoms. The van der Waals surface area contributed by atoms with E-state index in [9.17, 15) is 0 Å². The zero-order valence-electron chi connectivity index (χ0n) is 18.2. The summed E-state index contributed by atoms with van der Waals surface area (Å²) in [7, 11) is 0. The van der Waals surface area contributed by atoms with Gasteiger partial charge in [-0.3, -0.25) is 0 Å². The van der Waals surface area contributed by atoms with E-state index in [2.05, 4.69) is 13.8 Å². The Morgan fingerprint density at radius 2 is 0.538 bits per heavy atom. The number of rotatable bonds is 8. The van der Waals surface area contributed by atoms with Gasteiger partial charge < -0.3 is 0 Å². The Balaban J connectivity index is 1.23. The summed E-state index contributed by atoms with van der Waals surface area (Å²) in [5.41, 5.74) is 0. The van der Waals surface area contributed by atoms with Crippen LogP contribution >= 0.6 is 0 Å². The zero-order valence-corrected chi connectivity index (χ0v) is 18.2. The molecule has 0 aliphatic heterocycles. The standard InChI is InChI=1S/C26H48/c1-3-21-5-9-23(10-6-21)13-15-25-17-19-26(20-18-25)16-14-24-11-7-22(4-2)8-12-24/h21-26H,3-20H2,1-2H3. The van der Waals surface area contributed by atoms with Crippen LogP contribution in [0.1, 0.15) is 129 Å². The third kappa shape index (κ3) is 6.56. The van der Waals surface area contributed by atoms with Crippen LogP contribution in [0.2, 0.25) is 0 Å². The molecule has 0 radical (unpaired) electrons. The SMILES string of the molecule is CCC1CCC(CCC2CCC(CCC3CCC(CC)CC3)CC2)CC1. The van der Waals surface area contributed by atoms with Crippen molar-refractivity contribution in [3.05, 3.63) is 0 Å². The summed E-state index contributed by atoms with van der Waals surface area (Å²) in [6.07, 6.45) is 27.7. The summed E-state index contributed by atoms with van der Waals surface area (Å²) in [4.78, 5) is 0. The van der Waals surface area contributed by atoms with Crippen LogP contribution in [0, 0.1) is 35.5 Å². The van der Waals surface area contributed by atoms with Crippen LogP contribution < -0.4 is 0 Å². The predicted octanol–water partition coefficient (Wildman–Crippen LogP) is 8.79. The first-order valence-electron chi connectivity index (χ1n) is 12.8. The Labute approximate surface area is 165 Å². The Morgan fingerprint density at radius 3 is 0.731 bits per heavy atom. The molecular weight excluding hydrogens is 312 g/mol. The molecule has 0 aromatic carbocycles. The minimum Gasteiger partial charge on any atom is -0.0651 e. The second-order valence-corrected chi connectivity index (χ2v) is 10.6. The van der Waals surface area contributed by atoms with Crippen molar-refractivity contribution in [3.8, 4) is 0 Å². The average molecular weight is 361 g/mol. The maximum absolute atomic E-state index is 2.39. The Morgan fingerprint density at radius 1 is 0.346 bits per heavy atom. The van der Waals surface area contributed by atoms with Crippen molar-refractivity contribution in [3.63, 3.8) is 0 Å². The molecule has 3 rings (SSSR count). The van der Waals surface area contributed by atoms with Crippen molar-refractivity contribution < 1.29 is 0 Å². The fourth-order valence-electron chi connectivity index (χ4n) is 6.61. The molecule has 0 heteroatoms. The van der Waals surface area contributed by atoms with E-state index in [1.165, 1.54) is 38.5 Å². The number of hydrogen-bond donors (Lipinski definition) is 0. The van der Waals surface area contributed by atoms with Crippen molar-refractivity contribution in [2.45, 2.75) is 129 Å². The van der Waals surface area contributed by atoms with Crippen LogP contribution in [0.3, 0.4) is 0 Å². The van der Waals surface area contributed by atoms with E-state index >= 15 is 0 Å². The van der Waals surface area contributed by atoms with Crippen LogP contribution in [-0.2, 0) is 0 Å². The quantitative estimate of drug-likeness (QED) is 0.405. The molecule has 0 aromatic heterocycles. The summed E-state index contributed by atoms with van der Waals surface area (Å²) in [6, 6.07) is 0. The molecule has 3 saturated carbocycles. The predicted molar refractivity (Wildman–Crippen MR) is 115 cm³/mol. The monoisotopic (exact) mass is 360 g/mol. The fourth-order valence-corrected chi connectivity index (χ4v) is 6.61. The van der Waals surface area contributed by atoms with Gasteiger partial charge >= 0.3 is 0 Å². The molecule has 0 atom stereocenters. The highest BCUT2D eigenvalue weighted by Gasteiger charge is 2.26. The first kappa shape index (κ1) is 20.7. The molecule has 0 saturated heterocycles. The van der Waals surface area contributed by atoms with Crippen LogP contribution in [0.15, 0.2) is 0 Å². The van der Waals surface area contributed by atoms with Gasteiger partial charge in [0.2, 0.25) is 0 Å². The lowest BCUT2D eigenvalue weighted by molar-refractivity contribution is 0.196. The van der Waals surface area contributed by atoms with Gasteiger partial charge in [0.25, 0.3) is 0 Å². The van der Waals surface area contributed by atoms with E-state index in [1.54, 1.807) is 77.0 Å². The maximum atomic E-state index is 2.39. The zero-order chi connectivity index (χ0) is 18.2. The molecule has 26 heavy (non-hydrogen) atoms. The van der Waals surface area contributed by atoms with Gasteiger partial charge in [-0.1, -0.05) is 129 Å². The van der Waals surface area contributed by atoms with Crippen LogP contribution in [0.4, 0.5) is 0 Å². The minimum atomic E-state index is 1.07. The van der Waals surface area contributed by atoms with E-state index in [0.29, 0.717) is 0 Å². The summed E-state index contributed by atoms with van der Waals surface area (Å²) in [5, 5.41) is 0. The van der Waals surface area contributed by atoms with Gasteiger partial charge in [0.05, 0.1) is 0 Å². The van der Waals surface area contributed by atoms with Gasteiger partial charge in [0.15, 0.2) is 0 Å².